The third-order valence-corrected chi connectivity index (χ3v) is 3.91. The van der Waals surface area contributed by atoms with Gasteiger partial charge >= 0.3 is 0 Å². The van der Waals surface area contributed by atoms with Gasteiger partial charge in [0.15, 0.2) is 11.6 Å². The molecule has 2 heterocycles. The Bertz CT molecular complexity index is 692. The van der Waals surface area contributed by atoms with Crippen molar-refractivity contribution in [1.29, 1.82) is 0 Å². The topological polar surface area (TPSA) is 65.6 Å². The van der Waals surface area contributed by atoms with Crippen LogP contribution in [0.25, 0.3) is 0 Å². The van der Waals surface area contributed by atoms with Crippen LogP contribution < -0.4 is 4.90 Å². The third kappa shape index (κ3) is 3.32. The van der Waals surface area contributed by atoms with Gasteiger partial charge in [-0.15, -0.1) is 0 Å². The molecule has 1 aliphatic heterocycles. The monoisotopic (exact) mass is 324 g/mol. The van der Waals surface area contributed by atoms with Crippen molar-refractivity contribution >= 4 is 5.95 Å². The van der Waals surface area contributed by atoms with Gasteiger partial charge in [0.25, 0.3) is 5.95 Å². The van der Waals surface area contributed by atoms with E-state index in [0.717, 1.165) is 6.07 Å². The van der Waals surface area contributed by atoms with Crippen LogP contribution in [-0.2, 0) is 6.54 Å². The maximum atomic E-state index is 13.5. The molecule has 8 heteroatoms. The van der Waals surface area contributed by atoms with Crippen molar-refractivity contribution in [3.8, 4) is 0 Å². The van der Waals surface area contributed by atoms with Gasteiger partial charge in [-0.25, -0.2) is 8.78 Å². The molecule has 0 bridgehead atoms. The quantitative estimate of drug-likeness (QED) is 0.924. The number of benzene rings is 1. The predicted molar refractivity (Wildman–Crippen MR) is 78.8 cm³/mol. The van der Waals surface area contributed by atoms with Crippen LogP contribution in [0, 0.1) is 11.6 Å². The van der Waals surface area contributed by atoms with Crippen molar-refractivity contribution < 1.29 is 18.4 Å². The summed E-state index contributed by atoms with van der Waals surface area (Å²) in [5, 5.41) is 13.8. The summed E-state index contributed by atoms with van der Waals surface area (Å²) >= 11 is 0. The third-order valence-electron chi connectivity index (χ3n) is 3.91. The Hall–Kier alpha value is -2.06. The van der Waals surface area contributed by atoms with Crippen LogP contribution >= 0.6 is 0 Å². The highest BCUT2D eigenvalue weighted by Crippen LogP contribution is 2.33. The number of likely N-dealkylation sites (tertiary alicyclic amines) is 1. The summed E-state index contributed by atoms with van der Waals surface area (Å²) in [5.74, 6) is -0.901. The Morgan fingerprint density at radius 2 is 2.13 bits per heavy atom. The van der Waals surface area contributed by atoms with Crippen molar-refractivity contribution in [2.75, 3.05) is 25.5 Å². The van der Waals surface area contributed by atoms with Crippen LogP contribution in [-0.4, -0.2) is 46.9 Å². The molecule has 1 aliphatic rings. The second kappa shape index (κ2) is 6.21. The zero-order valence-corrected chi connectivity index (χ0v) is 12.9. The van der Waals surface area contributed by atoms with E-state index >= 15 is 0 Å². The van der Waals surface area contributed by atoms with E-state index in [1.807, 2.05) is 4.90 Å². The van der Waals surface area contributed by atoms with Crippen LogP contribution in [0.15, 0.2) is 22.7 Å². The molecule has 0 unspecified atom stereocenters. The maximum absolute atomic E-state index is 13.5. The summed E-state index contributed by atoms with van der Waals surface area (Å²) < 4.78 is 31.8. The van der Waals surface area contributed by atoms with E-state index in [1.54, 1.807) is 19.0 Å². The molecule has 2 aromatic rings. The van der Waals surface area contributed by atoms with Gasteiger partial charge in [-0.3, -0.25) is 4.90 Å². The molecule has 0 spiro atoms. The lowest BCUT2D eigenvalue weighted by atomic mass is 10.0. The normalized spacial score (nSPS) is 21.8. The van der Waals surface area contributed by atoms with E-state index in [-0.39, 0.29) is 6.04 Å². The van der Waals surface area contributed by atoms with Crippen molar-refractivity contribution in [2.45, 2.75) is 25.1 Å². The van der Waals surface area contributed by atoms with Gasteiger partial charge in [0.1, 0.15) is 0 Å². The summed E-state index contributed by atoms with van der Waals surface area (Å²) in [6.07, 6.45) is -0.0934. The average molecular weight is 324 g/mol. The number of hydrogen-bond acceptors (Lipinski definition) is 6. The molecule has 0 saturated carbocycles. The number of hydrogen-bond donors (Lipinski definition) is 1. The van der Waals surface area contributed by atoms with E-state index in [9.17, 15) is 13.9 Å². The molecule has 1 aromatic carbocycles. The Balaban J connectivity index is 1.80. The standard InChI is InChI=1S/C15H18F2N4O2/c1-20(2)15-18-14(23-19-15)8-21-7-10(22)6-13(21)9-3-4-11(16)12(17)5-9/h3-5,10,13,22H,6-8H2,1-2H3/t10-,13+/m1/s1. The molecule has 0 amide bonds. The Morgan fingerprint density at radius 3 is 2.78 bits per heavy atom. The number of rotatable bonds is 4. The molecule has 0 aliphatic carbocycles. The lowest BCUT2D eigenvalue weighted by Crippen LogP contribution is -2.24. The molecular weight excluding hydrogens is 306 g/mol. The molecule has 124 valence electrons. The highest BCUT2D eigenvalue weighted by molar-refractivity contribution is 5.25. The molecule has 2 atom stereocenters. The van der Waals surface area contributed by atoms with Crippen molar-refractivity contribution in [3.05, 3.63) is 41.3 Å². The zero-order valence-electron chi connectivity index (χ0n) is 12.9. The van der Waals surface area contributed by atoms with Gasteiger partial charge in [0.2, 0.25) is 5.89 Å². The van der Waals surface area contributed by atoms with E-state index < -0.39 is 17.7 Å². The van der Waals surface area contributed by atoms with Gasteiger partial charge < -0.3 is 14.5 Å². The van der Waals surface area contributed by atoms with E-state index in [2.05, 4.69) is 10.1 Å². The van der Waals surface area contributed by atoms with Gasteiger partial charge in [-0.1, -0.05) is 6.07 Å². The molecule has 1 aromatic heterocycles. The van der Waals surface area contributed by atoms with E-state index in [0.29, 0.717) is 36.9 Å². The maximum Gasteiger partial charge on any atom is 0.265 e. The summed E-state index contributed by atoms with van der Waals surface area (Å²) in [4.78, 5) is 7.89. The average Bonchev–Trinajstić information content (AvgIpc) is 3.09. The van der Waals surface area contributed by atoms with Crippen LogP contribution in [0.5, 0.6) is 0 Å². The molecular formula is C15H18F2N4O2. The summed E-state index contributed by atoms with van der Waals surface area (Å²) in [5.41, 5.74) is 0.618. The minimum Gasteiger partial charge on any atom is -0.392 e. The minimum absolute atomic E-state index is 0.227. The number of anilines is 1. The number of nitrogens with zero attached hydrogens (tertiary/aromatic N) is 4. The largest absolute Gasteiger partial charge is 0.392 e. The smallest absolute Gasteiger partial charge is 0.265 e. The summed E-state index contributed by atoms with van der Waals surface area (Å²) in [6.45, 7) is 0.741. The minimum atomic E-state index is -0.892. The highest BCUT2D eigenvalue weighted by atomic mass is 19.2. The van der Waals surface area contributed by atoms with Gasteiger partial charge in [0, 0.05) is 26.7 Å². The summed E-state index contributed by atoms with van der Waals surface area (Å²) in [6, 6.07) is 3.58. The number of halogens is 2. The lowest BCUT2D eigenvalue weighted by molar-refractivity contribution is 0.164. The second-order valence-corrected chi connectivity index (χ2v) is 5.89. The molecule has 6 nitrogen and oxygen atoms in total. The highest BCUT2D eigenvalue weighted by Gasteiger charge is 2.33. The van der Waals surface area contributed by atoms with Crippen molar-refractivity contribution in [3.63, 3.8) is 0 Å². The number of β-amino-alcohol motifs (C(OH)–C–C–N with tert-alkyl or cyclic N) is 1. The lowest BCUT2D eigenvalue weighted by Gasteiger charge is -2.22. The fraction of sp³-hybridized carbons (Fsp3) is 0.467. The number of aliphatic hydroxyl groups excluding tert-OH is 1. The molecule has 1 saturated heterocycles. The van der Waals surface area contributed by atoms with Crippen LogP contribution in [0.1, 0.15) is 23.9 Å². The molecule has 1 fully saturated rings. The van der Waals surface area contributed by atoms with Gasteiger partial charge in [0.05, 0.1) is 12.6 Å². The van der Waals surface area contributed by atoms with Crippen LogP contribution in [0.3, 0.4) is 0 Å². The number of aliphatic hydroxyl groups is 1. The van der Waals surface area contributed by atoms with Crippen molar-refractivity contribution in [1.82, 2.24) is 15.0 Å². The fourth-order valence-corrected chi connectivity index (χ4v) is 2.79. The Labute approximate surface area is 132 Å². The first-order chi connectivity index (χ1) is 10.9. The molecule has 23 heavy (non-hydrogen) atoms. The van der Waals surface area contributed by atoms with Crippen LogP contribution in [0.4, 0.5) is 14.7 Å². The fourth-order valence-electron chi connectivity index (χ4n) is 2.79. The van der Waals surface area contributed by atoms with E-state index in [1.165, 1.54) is 12.1 Å². The first-order valence-electron chi connectivity index (χ1n) is 7.31. The van der Waals surface area contributed by atoms with E-state index in [4.69, 9.17) is 4.52 Å². The van der Waals surface area contributed by atoms with Crippen LogP contribution in [0.2, 0.25) is 0 Å². The number of aromatic nitrogens is 2. The Kier molecular flexibility index (Phi) is 4.27. The van der Waals surface area contributed by atoms with Crippen molar-refractivity contribution in [2.24, 2.45) is 0 Å². The predicted octanol–water partition coefficient (Wildman–Crippen LogP) is 1.72. The second-order valence-electron chi connectivity index (χ2n) is 5.89. The summed E-state index contributed by atoms with van der Waals surface area (Å²) in [7, 11) is 3.61. The first kappa shape index (κ1) is 15.8. The van der Waals surface area contributed by atoms with Gasteiger partial charge in [-0.2, -0.15) is 4.98 Å². The molecule has 3 rings (SSSR count). The first-order valence-corrected chi connectivity index (χ1v) is 7.31. The molecule has 0 radical (unpaired) electrons. The Morgan fingerprint density at radius 1 is 1.35 bits per heavy atom. The SMILES string of the molecule is CN(C)c1noc(CN2C[C@H](O)C[C@H]2c2ccc(F)c(F)c2)n1. The zero-order chi connectivity index (χ0) is 16.6. The molecule has 1 N–H and O–H groups in total. The van der Waals surface area contributed by atoms with Gasteiger partial charge in [-0.05, 0) is 29.3 Å².